The third-order valence-electron chi connectivity index (χ3n) is 6.25. The van der Waals surface area contributed by atoms with E-state index >= 15 is 0 Å². The fraction of sp³-hybridized carbons (Fsp3) is 0.481. The molecule has 3 heterocycles. The number of hydrogen-bond acceptors (Lipinski definition) is 8. The van der Waals surface area contributed by atoms with Crippen LogP contribution in [0.2, 0.25) is 0 Å². The Bertz CT molecular complexity index is 1330. The number of nitrogens with zero attached hydrogens (tertiary/aromatic N) is 6. The molecule has 1 aliphatic heterocycles. The Hall–Kier alpha value is -4.09. The van der Waals surface area contributed by atoms with E-state index in [9.17, 15) is 14.0 Å². The molecule has 208 valence electrons. The van der Waals surface area contributed by atoms with Crippen molar-refractivity contribution in [1.82, 2.24) is 35.4 Å². The van der Waals surface area contributed by atoms with E-state index in [1.807, 2.05) is 20.8 Å². The summed E-state index contributed by atoms with van der Waals surface area (Å²) < 4.78 is 24.1. The van der Waals surface area contributed by atoms with Crippen LogP contribution in [0.25, 0.3) is 11.4 Å². The Morgan fingerprint density at radius 3 is 2.59 bits per heavy atom. The standard InChI is InChI=1S/C27H34FN7O4/c1-17-12-20(14-22(30-17)25(36)29-15-19-6-7-21(28)23(13-19)38-5)24-31-33-35(32-24)16-18-8-10-34(11-9-18)26(37)39-27(2,3)4/h6-7,12-14,18H,8-11,15-16H2,1-5H3,(H,29,36). The van der Waals surface area contributed by atoms with Gasteiger partial charge in [-0.2, -0.15) is 4.80 Å². The van der Waals surface area contributed by atoms with Crippen LogP contribution in [0.3, 0.4) is 0 Å². The van der Waals surface area contributed by atoms with Crippen LogP contribution in [0.15, 0.2) is 30.3 Å². The first-order chi connectivity index (χ1) is 18.5. The molecule has 1 saturated heterocycles. The normalized spacial score (nSPS) is 14.3. The second-order valence-corrected chi connectivity index (χ2v) is 10.6. The number of carbonyl (C=O) groups excluding carboxylic acids is 2. The molecule has 1 fully saturated rings. The Morgan fingerprint density at radius 1 is 1.15 bits per heavy atom. The van der Waals surface area contributed by atoms with Crippen LogP contribution in [0.1, 0.15) is 55.4 Å². The highest BCUT2D eigenvalue weighted by Gasteiger charge is 2.27. The third-order valence-corrected chi connectivity index (χ3v) is 6.25. The van der Waals surface area contributed by atoms with Gasteiger partial charge in [0.25, 0.3) is 5.91 Å². The minimum absolute atomic E-state index is 0.112. The van der Waals surface area contributed by atoms with Gasteiger partial charge >= 0.3 is 6.09 Å². The minimum Gasteiger partial charge on any atom is -0.494 e. The molecule has 11 nitrogen and oxygen atoms in total. The van der Waals surface area contributed by atoms with Crippen molar-refractivity contribution in [2.45, 2.75) is 59.2 Å². The van der Waals surface area contributed by atoms with Gasteiger partial charge in [0, 0.05) is 30.9 Å². The average Bonchev–Trinajstić information content (AvgIpc) is 3.35. The van der Waals surface area contributed by atoms with E-state index in [1.54, 1.807) is 34.8 Å². The topological polar surface area (TPSA) is 124 Å². The van der Waals surface area contributed by atoms with Gasteiger partial charge in [0.15, 0.2) is 11.6 Å². The molecule has 3 aromatic rings. The van der Waals surface area contributed by atoms with Crippen LogP contribution >= 0.6 is 0 Å². The molecule has 2 amide bonds. The zero-order chi connectivity index (χ0) is 28.2. The summed E-state index contributed by atoms with van der Waals surface area (Å²) in [4.78, 5) is 32.8. The molecule has 0 bridgehead atoms. The summed E-state index contributed by atoms with van der Waals surface area (Å²) in [5.74, 6) is -0.0439. The molecule has 0 spiro atoms. The second kappa shape index (κ2) is 11.7. The zero-order valence-electron chi connectivity index (χ0n) is 22.9. The van der Waals surface area contributed by atoms with Gasteiger partial charge in [0.2, 0.25) is 5.82 Å². The number of benzene rings is 1. The largest absolute Gasteiger partial charge is 0.494 e. The minimum atomic E-state index is -0.516. The molecule has 2 aromatic heterocycles. The molecule has 39 heavy (non-hydrogen) atoms. The van der Waals surface area contributed by atoms with E-state index in [0.29, 0.717) is 48.2 Å². The van der Waals surface area contributed by atoms with Crippen molar-refractivity contribution >= 4 is 12.0 Å². The average molecular weight is 540 g/mol. The molecular formula is C27H34FN7O4. The van der Waals surface area contributed by atoms with Crippen molar-refractivity contribution in [3.8, 4) is 17.1 Å². The molecule has 0 radical (unpaired) electrons. The van der Waals surface area contributed by atoms with Crippen molar-refractivity contribution in [1.29, 1.82) is 0 Å². The molecule has 0 saturated carbocycles. The first-order valence-electron chi connectivity index (χ1n) is 12.9. The number of pyridine rings is 1. The number of rotatable bonds is 7. The lowest BCUT2D eigenvalue weighted by atomic mass is 9.97. The van der Waals surface area contributed by atoms with Gasteiger partial charge in [-0.25, -0.2) is 14.2 Å². The second-order valence-electron chi connectivity index (χ2n) is 10.6. The highest BCUT2D eigenvalue weighted by molar-refractivity contribution is 5.93. The predicted molar refractivity (Wildman–Crippen MR) is 140 cm³/mol. The van der Waals surface area contributed by atoms with Crippen molar-refractivity contribution in [2.75, 3.05) is 20.2 Å². The SMILES string of the molecule is COc1cc(CNC(=O)c2cc(-c3nnn(CC4CCN(C(=O)OC(C)(C)C)CC4)n3)cc(C)n2)ccc1F. The van der Waals surface area contributed by atoms with Crippen molar-refractivity contribution in [3.63, 3.8) is 0 Å². The van der Waals surface area contributed by atoms with E-state index in [0.717, 1.165) is 12.8 Å². The Morgan fingerprint density at radius 2 is 1.90 bits per heavy atom. The molecule has 0 unspecified atom stereocenters. The number of hydrogen-bond donors (Lipinski definition) is 1. The van der Waals surface area contributed by atoms with Gasteiger partial charge in [-0.3, -0.25) is 4.79 Å². The monoisotopic (exact) mass is 539 g/mol. The van der Waals surface area contributed by atoms with Gasteiger partial charge in [-0.15, -0.1) is 10.2 Å². The van der Waals surface area contributed by atoms with E-state index in [-0.39, 0.29) is 30.0 Å². The quantitative estimate of drug-likeness (QED) is 0.481. The summed E-state index contributed by atoms with van der Waals surface area (Å²) in [6.07, 6.45) is 1.34. The Labute approximate surface area is 226 Å². The molecule has 1 aliphatic rings. The number of likely N-dealkylation sites (tertiary alicyclic amines) is 1. The third kappa shape index (κ3) is 7.49. The summed E-state index contributed by atoms with van der Waals surface area (Å²) in [7, 11) is 1.39. The number of methoxy groups -OCH3 is 1. The number of carbonyl (C=O) groups is 2. The van der Waals surface area contributed by atoms with E-state index in [4.69, 9.17) is 9.47 Å². The van der Waals surface area contributed by atoms with Gasteiger partial charge in [0.05, 0.1) is 13.7 Å². The van der Waals surface area contributed by atoms with Crippen LogP contribution in [-0.2, 0) is 17.8 Å². The molecule has 1 N–H and O–H groups in total. The predicted octanol–water partition coefficient (Wildman–Crippen LogP) is 3.77. The maximum absolute atomic E-state index is 13.7. The maximum Gasteiger partial charge on any atom is 0.410 e. The summed E-state index contributed by atoms with van der Waals surface area (Å²) in [6.45, 7) is 9.36. The van der Waals surface area contributed by atoms with Crippen molar-refractivity contribution in [2.24, 2.45) is 5.92 Å². The van der Waals surface area contributed by atoms with Crippen LogP contribution < -0.4 is 10.1 Å². The number of aryl methyl sites for hydroxylation is 1. The number of halogens is 1. The molecule has 0 atom stereocenters. The Kier molecular flexibility index (Phi) is 8.41. The van der Waals surface area contributed by atoms with Gasteiger partial charge in [-0.05, 0) is 81.5 Å². The number of piperidine rings is 1. The number of tetrazole rings is 1. The number of ether oxygens (including phenoxy) is 2. The van der Waals surface area contributed by atoms with Crippen molar-refractivity contribution in [3.05, 3.63) is 53.1 Å². The van der Waals surface area contributed by atoms with Crippen LogP contribution in [0.4, 0.5) is 9.18 Å². The van der Waals surface area contributed by atoms with Gasteiger partial charge in [0.1, 0.15) is 11.3 Å². The summed E-state index contributed by atoms with van der Waals surface area (Å²) in [5.41, 5.74) is 1.65. The highest BCUT2D eigenvalue weighted by Crippen LogP contribution is 2.22. The lowest BCUT2D eigenvalue weighted by Gasteiger charge is -2.33. The summed E-state index contributed by atoms with van der Waals surface area (Å²) in [6, 6.07) is 7.82. The summed E-state index contributed by atoms with van der Waals surface area (Å²) in [5, 5.41) is 15.7. The van der Waals surface area contributed by atoms with Gasteiger partial charge < -0.3 is 19.7 Å². The van der Waals surface area contributed by atoms with Crippen LogP contribution in [-0.4, -0.2) is 67.9 Å². The number of aromatic nitrogens is 5. The highest BCUT2D eigenvalue weighted by atomic mass is 19.1. The number of amides is 2. The van der Waals surface area contributed by atoms with E-state index in [2.05, 4.69) is 25.7 Å². The van der Waals surface area contributed by atoms with Crippen molar-refractivity contribution < 1.29 is 23.5 Å². The van der Waals surface area contributed by atoms with Crippen LogP contribution in [0, 0.1) is 18.7 Å². The zero-order valence-corrected chi connectivity index (χ0v) is 22.9. The number of nitrogens with one attached hydrogen (secondary N) is 1. The van der Waals surface area contributed by atoms with E-state index in [1.165, 1.54) is 19.2 Å². The summed E-state index contributed by atoms with van der Waals surface area (Å²) >= 11 is 0. The fourth-order valence-corrected chi connectivity index (χ4v) is 4.29. The fourth-order valence-electron chi connectivity index (χ4n) is 4.29. The van der Waals surface area contributed by atoms with Crippen LogP contribution in [0.5, 0.6) is 5.75 Å². The van der Waals surface area contributed by atoms with E-state index < -0.39 is 11.4 Å². The molecule has 12 heteroatoms. The molecule has 1 aromatic carbocycles. The molecule has 0 aliphatic carbocycles. The van der Waals surface area contributed by atoms with Gasteiger partial charge in [-0.1, -0.05) is 6.07 Å². The first kappa shape index (κ1) is 27.9. The molecule has 4 rings (SSSR count). The smallest absolute Gasteiger partial charge is 0.410 e. The molecular weight excluding hydrogens is 505 g/mol. The first-order valence-corrected chi connectivity index (χ1v) is 12.9. The lowest BCUT2D eigenvalue weighted by molar-refractivity contribution is 0.0175. The lowest BCUT2D eigenvalue weighted by Crippen LogP contribution is -2.42. The Balaban J connectivity index is 1.35. The maximum atomic E-state index is 13.7.